The van der Waals surface area contributed by atoms with E-state index in [1.165, 1.54) is 38.5 Å². The van der Waals surface area contributed by atoms with E-state index >= 15 is 0 Å². The van der Waals surface area contributed by atoms with Crippen molar-refractivity contribution in [1.82, 2.24) is 20.1 Å². The molecule has 1 aliphatic rings. The Kier molecular flexibility index (Phi) is 6.22. The van der Waals surface area contributed by atoms with Gasteiger partial charge in [-0.25, -0.2) is 4.98 Å². The maximum atomic E-state index is 4.52. The maximum absolute atomic E-state index is 4.52. The van der Waals surface area contributed by atoms with Crippen LogP contribution in [0.3, 0.4) is 0 Å². The predicted octanol–water partition coefficient (Wildman–Crippen LogP) is 3.57. The highest BCUT2D eigenvalue weighted by molar-refractivity contribution is 4.98. The molecule has 1 heterocycles. The van der Waals surface area contributed by atoms with E-state index in [4.69, 9.17) is 0 Å². The molecule has 1 saturated carbocycles. The molecule has 0 saturated heterocycles. The smallest absolute Gasteiger partial charge is 0.138 e. The van der Waals surface area contributed by atoms with Crippen LogP contribution in [0.5, 0.6) is 0 Å². The van der Waals surface area contributed by atoms with Gasteiger partial charge < -0.3 is 5.32 Å². The molecule has 1 aromatic rings. The molecule has 0 spiro atoms. The summed E-state index contributed by atoms with van der Waals surface area (Å²) in [6.07, 6.45) is 11.9. The van der Waals surface area contributed by atoms with Crippen LogP contribution in [0.4, 0.5) is 0 Å². The van der Waals surface area contributed by atoms with Gasteiger partial charge in [-0.1, -0.05) is 40.0 Å². The van der Waals surface area contributed by atoms with Crippen molar-refractivity contribution in [2.24, 2.45) is 5.41 Å². The largest absolute Gasteiger partial charge is 0.313 e. The molecule has 1 atom stereocenters. The van der Waals surface area contributed by atoms with Crippen molar-refractivity contribution >= 4 is 0 Å². The maximum Gasteiger partial charge on any atom is 0.138 e. The standard InChI is InChI=1S/C17H32N4/c1-4-11-18-15(17(3)9-7-6-8-10-17)13-16-19-14-20-21(16)12-5-2/h14-15,18H,4-13H2,1-3H3. The number of rotatable bonds is 8. The molecule has 0 amide bonds. The van der Waals surface area contributed by atoms with E-state index in [2.05, 4.69) is 40.9 Å². The van der Waals surface area contributed by atoms with Gasteiger partial charge in [-0.05, 0) is 37.6 Å². The van der Waals surface area contributed by atoms with Crippen molar-refractivity contribution in [1.29, 1.82) is 0 Å². The molecule has 1 aliphatic carbocycles. The minimum atomic E-state index is 0.413. The Balaban J connectivity index is 2.09. The van der Waals surface area contributed by atoms with Crippen LogP contribution < -0.4 is 5.32 Å². The molecule has 2 rings (SSSR count). The quantitative estimate of drug-likeness (QED) is 0.796. The fourth-order valence-electron chi connectivity index (χ4n) is 3.62. The summed E-state index contributed by atoms with van der Waals surface area (Å²) in [6.45, 7) is 8.99. The third-order valence-electron chi connectivity index (χ3n) is 5.00. The van der Waals surface area contributed by atoms with Crippen LogP contribution in [-0.2, 0) is 13.0 Å². The molecule has 1 aromatic heterocycles. The molecule has 0 bridgehead atoms. The van der Waals surface area contributed by atoms with Crippen LogP contribution in [0, 0.1) is 5.41 Å². The second kappa shape index (κ2) is 7.92. The van der Waals surface area contributed by atoms with E-state index in [1.54, 1.807) is 6.33 Å². The van der Waals surface area contributed by atoms with Gasteiger partial charge in [0.2, 0.25) is 0 Å². The second-order valence-electron chi connectivity index (χ2n) is 6.82. The summed E-state index contributed by atoms with van der Waals surface area (Å²) in [5, 5.41) is 8.19. The monoisotopic (exact) mass is 292 g/mol. The lowest BCUT2D eigenvalue weighted by Gasteiger charge is -2.41. The van der Waals surface area contributed by atoms with Crippen LogP contribution in [0.2, 0.25) is 0 Å². The van der Waals surface area contributed by atoms with E-state index < -0.39 is 0 Å². The highest BCUT2D eigenvalue weighted by Gasteiger charge is 2.35. The van der Waals surface area contributed by atoms with Crippen LogP contribution in [0.15, 0.2) is 6.33 Å². The average molecular weight is 292 g/mol. The molecular weight excluding hydrogens is 260 g/mol. The van der Waals surface area contributed by atoms with Gasteiger partial charge >= 0.3 is 0 Å². The highest BCUT2D eigenvalue weighted by Crippen LogP contribution is 2.39. The minimum absolute atomic E-state index is 0.413. The molecule has 0 aliphatic heterocycles. The van der Waals surface area contributed by atoms with Crippen molar-refractivity contribution in [2.45, 2.75) is 84.7 Å². The Hall–Kier alpha value is -0.900. The van der Waals surface area contributed by atoms with E-state index in [0.717, 1.165) is 31.8 Å². The molecule has 4 heteroatoms. The Morgan fingerprint density at radius 2 is 2.00 bits per heavy atom. The minimum Gasteiger partial charge on any atom is -0.313 e. The van der Waals surface area contributed by atoms with Crippen molar-refractivity contribution < 1.29 is 0 Å². The van der Waals surface area contributed by atoms with Gasteiger partial charge in [0.15, 0.2) is 0 Å². The number of aromatic nitrogens is 3. The van der Waals surface area contributed by atoms with Gasteiger partial charge in [0.05, 0.1) is 0 Å². The Morgan fingerprint density at radius 3 is 2.67 bits per heavy atom. The van der Waals surface area contributed by atoms with E-state index in [9.17, 15) is 0 Å². The molecule has 21 heavy (non-hydrogen) atoms. The van der Waals surface area contributed by atoms with Crippen molar-refractivity contribution in [2.75, 3.05) is 6.54 Å². The summed E-state index contributed by atoms with van der Waals surface area (Å²) >= 11 is 0. The Morgan fingerprint density at radius 1 is 1.24 bits per heavy atom. The number of aryl methyl sites for hydroxylation is 1. The molecule has 4 nitrogen and oxygen atoms in total. The van der Waals surface area contributed by atoms with Crippen LogP contribution >= 0.6 is 0 Å². The third-order valence-corrected chi connectivity index (χ3v) is 5.00. The summed E-state index contributed by atoms with van der Waals surface area (Å²) in [6, 6.07) is 0.526. The first-order chi connectivity index (χ1) is 10.2. The predicted molar refractivity (Wildman–Crippen MR) is 87.3 cm³/mol. The lowest BCUT2D eigenvalue weighted by Crippen LogP contribution is -2.47. The summed E-state index contributed by atoms with van der Waals surface area (Å²) in [4.78, 5) is 4.52. The third kappa shape index (κ3) is 4.29. The second-order valence-corrected chi connectivity index (χ2v) is 6.82. The van der Waals surface area contributed by atoms with Gasteiger partial charge in [-0.15, -0.1) is 0 Å². The first-order valence-corrected chi connectivity index (χ1v) is 8.79. The molecular formula is C17H32N4. The molecule has 1 unspecified atom stereocenters. The first-order valence-electron chi connectivity index (χ1n) is 8.79. The fraction of sp³-hybridized carbons (Fsp3) is 0.882. The Bertz CT molecular complexity index is 407. The summed E-state index contributed by atoms with van der Waals surface area (Å²) < 4.78 is 2.09. The number of hydrogen-bond donors (Lipinski definition) is 1. The summed E-state index contributed by atoms with van der Waals surface area (Å²) in [5.74, 6) is 1.15. The van der Waals surface area contributed by atoms with Gasteiger partial charge in [0.25, 0.3) is 0 Å². The van der Waals surface area contributed by atoms with Gasteiger partial charge in [-0.3, -0.25) is 4.68 Å². The number of nitrogens with one attached hydrogen (secondary N) is 1. The molecule has 1 N–H and O–H groups in total. The topological polar surface area (TPSA) is 42.7 Å². The Labute approximate surface area is 129 Å². The zero-order valence-corrected chi connectivity index (χ0v) is 14.1. The average Bonchev–Trinajstić information content (AvgIpc) is 2.92. The van der Waals surface area contributed by atoms with E-state index in [1.807, 2.05) is 0 Å². The van der Waals surface area contributed by atoms with E-state index in [0.29, 0.717) is 11.5 Å². The van der Waals surface area contributed by atoms with Crippen LogP contribution in [-0.4, -0.2) is 27.4 Å². The van der Waals surface area contributed by atoms with Crippen molar-refractivity contribution in [3.8, 4) is 0 Å². The molecule has 120 valence electrons. The van der Waals surface area contributed by atoms with Crippen LogP contribution in [0.1, 0.15) is 71.5 Å². The van der Waals surface area contributed by atoms with Gasteiger partial charge in [0.1, 0.15) is 12.2 Å². The molecule has 0 aromatic carbocycles. The zero-order chi connectivity index (χ0) is 15.1. The lowest BCUT2D eigenvalue weighted by atomic mass is 9.69. The zero-order valence-electron chi connectivity index (χ0n) is 14.1. The normalized spacial score (nSPS) is 19.6. The van der Waals surface area contributed by atoms with E-state index in [-0.39, 0.29) is 0 Å². The van der Waals surface area contributed by atoms with Crippen molar-refractivity contribution in [3.05, 3.63) is 12.2 Å². The number of hydrogen-bond acceptors (Lipinski definition) is 3. The van der Waals surface area contributed by atoms with Crippen molar-refractivity contribution in [3.63, 3.8) is 0 Å². The van der Waals surface area contributed by atoms with Crippen LogP contribution in [0.25, 0.3) is 0 Å². The lowest BCUT2D eigenvalue weighted by molar-refractivity contribution is 0.141. The molecule has 1 fully saturated rings. The summed E-state index contributed by atoms with van der Waals surface area (Å²) in [7, 11) is 0. The first kappa shape index (κ1) is 16.5. The fourth-order valence-corrected chi connectivity index (χ4v) is 3.62. The molecule has 0 radical (unpaired) electrons. The summed E-state index contributed by atoms with van der Waals surface area (Å²) in [5.41, 5.74) is 0.413. The number of nitrogens with zero attached hydrogens (tertiary/aromatic N) is 3. The van der Waals surface area contributed by atoms with Gasteiger partial charge in [0, 0.05) is 19.0 Å². The SMILES string of the molecule is CCCNC(Cc1ncnn1CCC)C1(C)CCCCC1. The van der Waals surface area contributed by atoms with Gasteiger partial charge in [-0.2, -0.15) is 5.10 Å². The highest BCUT2D eigenvalue weighted by atomic mass is 15.3.